The Kier molecular flexibility index (Phi) is 9.33. The fourth-order valence-corrected chi connectivity index (χ4v) is 5.81. The van der Waals surface area contributed by atoms with E-state index >= 15 is 0 Å². The molecular formula is C30H37N3O4S. The number of hydrogen-bond donors (Lipinski definition) is 1. The van der Waals surface area contributed by atoms with E-state index in [2.05, 4.69) is 5.32 Å². The molecule has 1 N–H and O–H groups in total. The van der Waals surface area contributed by atoms with Crippen molar-refractivity contribution in [3.63, 3.8) is 0 Å². The maximum absolute atomic E-state index is 13.9. The van der Waals surface area contributed by atoms with Gasteiger partial charge < -0.3 is 10.2 Å². The summed E-state index contributed by atoms with van der Waals surface area (Å²) in [4.78, 5) is 28.5. The summed E-state index contributed by atoms with van der Waals surface area (Å²) >= 11 is 0. The third-order valence-electron chi connectivity index (χ3n) is 6.26. The second kappa shape index (κ2) is 12.3. The maximum atomic E-state index is 13.9. The third kappa shape index (κ3) is 7.01. The highest BCUT2D eigenvalue weighted by atomic mass is 32.2. The highest BCUT2D eigenvalue weighted by Gasteiger charge is 2.33. The zero-order valence-electron chi connectivity index (χ0n) is 22.9. The molecule has 3 aromatic carbocycles. The minimum absolute atomic E-state index is 0.0867. The van der Waals surface area contributed by atoms with Crippen molar-refractivity contribution in [1.29, 1.82) is 0 Å². The van der Waals surface area contributed by atoms with Crippen molar-refractivity contribution in [3.05, 3.63) is 95.1 Å². The van der Waals surface area contributed by atoms with Crippen molar-refractivity contribution >= 4 is 27.5 Å². The van der Waals surface area contributed by atoms with Crippen molar-refractivity contribution in [2.45, 2.75) is 65.1 Å². The van der Waals surface area contributed by atoms with E-state index in [1.54, 1.807) is 31.2 Å². The number of amides is 2. The molecular weight excluding hydrogens is 498 g/mol. The molecule has 38 heavy (non-hydrogen) atoms. The zero-order chi connectivity index (χ0) is 28.0. The quantitative estimate of drug-likeness (QED) is 0.406. The lowest BCUT2D eigenvalue weighted by atomic mass is 10.1. The Labute approximate surface area is 226 Å². The zero-order valence-corrected chi connectivity index (χ0v) is 23.7. The third-order valence-corrected chi connectivity index (χ3v) is 8.04. The number of carbonyl (C=O) groups excluding carboxylic acids is 2. The molecule has 0 radical (unpaired) electrons. The van der Waals surface area contributed by atoms with Crippen LogP contribution in [0.15, 0.2) is 77.7 Å². The molecule has 3 rings (SSSR count). The number of benzene rings is 3. The van der Waals surface area contributed by atoms with Gasteiger partial charge in [-0.05, 0) is 70.9 Å². The van der Waals surface area contributed by atoms with Crippen molar-refractivity contribution in [1.82, 2.24) is 10.2 Å². The fourth-order valence-electron chi connectivity index (χ4n) is 4.31. The summed E-state index contributed by atoms with van der Waals surface area (Å²) in [6, 6.07) is 20.3. The van der Waals surface area contributed by atoms with E-state index in [1.165, 1.54) is 17.0 Å². The van der Waals surface area contributed by atoms with Gasteiger partial charge >= 0.3 is 0 Å². The summed E-state index contributed by atoms with van der Waals surface area (Å²) in [6.45, 7) is 10.8. The normalized spacial score (nSPS) is 12.2. The Bertz CT molecular complexity index is 1390. The molecule has 8 heteroatoms. The summed E-state index contributed by atoms with van der Waals surface area (Å²) in [6.07, 6.45) is 0. The van der Waals surface area contributed by atoms with E-state index in [1.807, 2.05) is 71.0 Å². The molecule has 0 aliphatic heterocycles. The molecule has 0 aromatic heterocycles. The van der Waals surface area contributed by atoms with Gasteiger partial charge in [-0.1, -0.05) is 65.7 Å². The van der Waals surface area contributed by atoms with Crippen molar-refractivity contribution in [2.24, 2.45) is 0 Å². The molecule has 202 valence electrons. The van der Waals surface area contributed by atoms with E-state index in [4.69, 9.17) is 0 Å². The van der Waals surface area contributed by atoms with Gasteiger partial charge in [-0.2, -0.15) is 0 Å². The van der Waals surface area contributed by atoms with Crippen molar-refractivity contribution in [3.8, 4) is 0 Å². The van der Waals surface area contributed by atoms with E-state index in [9.17, 15) is 18.0 Å². The second-order valence-corrected chi connectivity index (χ2v) is 11.8. The smallest absolute Gasteiger partial charge is 0.264 e. The van der Waals surface area contributed by atoms with E-state index in [0.29, 0.717) is 5.69 Å². The molecule has 0 saturated heterocycles. The lowest BCUT2D eigenvalue weighted by Gasteiger charge is -2.33. The van der Waals surface area contributed by atoms with Crippen LogP contribution in [0.1, 0.15) is 43.0 Å². The highest BCUT2D eigenvalue weighted by molar-refractivity contribution is 7.92. The molecule has 7 nitrogen and oxygen atoms in total. The van der Waals surface area contributed by atoms with Gasteiger partial charge in [0.25, 0.3) is 10.0 Å². The van der Waals surface area contributed by atoms with Gasteiger partial charge in [0, 0.05) is 12.6 Å². The van der Waals surface area contributed by atoms with Crippen LogP contribution in [-0.4, -0.2) is 43.8 Å². The van der Waals surface area contributed by atoms with Gasteiger partial charge in [0.2, 0.25) is 11.8 Å². The summed E-state index contributed by atoms with van der Waals surface area (Å²) in [5.41, 5.74) is 4.01. The molecule has 1 atom stereocenters. The van der Waals surface area contributed by atoms with Crippen LogP contribution < -0.4 is 9.62 Å². The Morgan fingerprint density at radius 3 is 2.11 bits per heavy atom. The van der Waals surface area contributed by atoms with Gasteiger partial charge in [-0.3, -0.25) is 13.9 Å². The Hall–Kier alpha value is -3.65. The first-order valence-electron chi connectivity index (χ1n) is 12.7. The summed E-state index contributed by atoms with van der Waals surface area (Å²) < 4.78 is 28.9. The second-order valence-electron chi connectivity index (χ2n) is 9.96. The average molecular weight is 536 g/mol. The van der Waals surface area contributed by atoms with Gasteiger partial charge in [0.05, 0.1) is 10.6 Å². The van der Waals surface area contributed by atoms with Gasteiger partial charge in [-0.25, -0.2) is 8.42 Å². The molecule has 0 bridgehead atoms. The Balaban J connectivity index is 2.06. The minimum atomic E-state index is -4.08. The van der Waals surface area contributed by atoms with Crippen LogP contribution >= 0.6 is 0 Å². The molecule has 3 aromatic rings. The molecule has 0 fully saturated rings. The van der Waals surface area contributed by atoms with Gasteiger partial charge in [-0.15, -0.1) is 0 Å². The molecule has 0 saturated carbocycles. The maximum Gasteiger partial charge on any atom is 0.264 e. The Morgan fingerprint density at radius 1 is 0.842 bits per heavy atom. The van der Waals surface area contributed by atoms with Gasteiger partial charge in [0.15, 0.2) is 0 Å². The van der Waals surface area contributed by atoms with E-state index < -0.39 is 28.5 Å². The van der Waals surface area contributed by atoms with Crippen LogP contribution in [0.5, 0.6) is 0 Å². The summed E-state index contributed by atoms with van der Waals surface area (Å²) in [5, 5.41) is 2.87. The van der Waals surface area contributed by atoms with Crippen molar-refractivity contribution < 1.29 is 18.0 Å². The number of nitrogens with one attached hydrogen (secondary N) is 1. The van der Waals surface area contributed by atoms with Gasteiger partial charge in [0.1, 0.15) is 12.6 Å². The molecule has 2 amide bonds. The number of aryl methyl sites for hydroxylation is 3. The lowest BCUT2D eigenvalue weighted by Crippen LogP contribution is -2.52. The fraction of sp³-hybridized carbons (Fsp3) is 0.333. The first-order chi connectivity index (χ1) is 17.9. The van der Waals surface area contributed by atoms with E-state index in [0.717, 1.165) is 26.6 Å². The molecule has 0 spiro atoms. The van der Waals surface area contributed by atoms with Crippen LogP contribution in [-0.2, 0) is 26.2 Å². The number of sulfonamides is 1. The van der Waals surface area contributed by atoms with Crippen LogP contribution in [0.2, 0.25) is 0 Å². The van der Waals surface area contributed by atoms with Crippen LogP contribution in [0.4, 0.5) is 5.69 Å². The number of nitrogens with zero attached hydrogens (tertiary/aromatic N) is 2. The number of carbonyl (C=O) groups is 2. The average Bonchev–Trinajstić information content (AvgIpc) is 2.86. The largest absolute Gasteiger partial charge is 0.352 e. The molecule has 0 heterocycles. The summed E-state index contributed by atoms with van der Waals surface area (Å²) in [7, 11) is -4.08. The molecule has 0 aliphatic carbocycles. The molecule has 0 unspecified atom stereocenters. The topological polar surface area (TPSA) is 86.8 Å². The monoisotopic (exact) mass is 535 g/mol. The van der Waals surface area contributed by atoms with Crippen molar-refractivity contribution in [2.75, 3.05) is 10.8 Å². The first kappa shape index (κ1) is 28.9. The predicted octanol–water partition coefficient (Wildman–Crippen LogP) is 4.75. The summed E-state index contributed by atoms with van der Waals surface area (Å²) in [5.74, 6) is -0.776. The number of rotatable bonds is 10. The Morgan fingerprint density at radius 2 is 1.50 bits per heavy atom. The number of hydrogen-bond acceptors (Lipinski definition) is 4. The van der Waals surface area contributed by atoms with Crippen LogP contribution in [0.25, 0.3) is 0 Å². The SMILES string of the molecule is Cc1cccc(CN(C(=O)CN(c2ccc(C)cc2C)S(=O)(=O)c2ccccc2)[C@@H](C)C(=O)NC(C)C)c1. The predicted molar refractivity (Wildman–Crippen MR) is 151 cm³/mol. The first-order valence-corrected chi connectivity index (χ1v) is 14.1. The number of anilines is 1. The molecule has 0 aliphatic rings. The highest BCUT2D eigenvalue weighted by Crippen LogP contribution is 2.28. The van der Waals surface area contributed by atoms with Crippen LogP contribution in [0, 0.1) is 20.8 Å². The lowest BCUT2D eigenvalue weighted by molar-refractivity contribution is -0.139. The van der Waals surface area contributed by atoms with E-state index in [-0.39, 0.29) is 23.4 Å². The minimum Gasteiger partial charge on any atom is -0.352 e. The van der Waals surface area contributed by atoms with Crippen LogP contribution in [0.3, 0.4) is 0 Å². The standard InChI is InChI=1S/C30H37N3O4S/c1-21(2)31-30(35)25(6)32(19-26-12-10-11-22(3)18-26)29(34)20-33(28-16-15-23(4)17-24(28)5)38(36,37)27-13-8-7-9-14-27/h7-18,21,25H,19-20H2,1-6H3,(H,31,35)/t25-/m0/s1.